The fourth-order valence-corrected chi connectivity index (χ4v) is 8.26. The van der Waals surface area contributed by atoms with E-state index in [9.17, 15) is 4.57 Å². The van der Waals surface area contributed by atoms with Gasteiger partial charge in [-0.15, -0.1) is 0 Å². The van der Waals surface area contributed by atoms with Crippen LogP contribution < -0.4 is 5.30 Å². The molecule has 1 aromatic rings. The molecular weight excluding hydrogens is 339 g/mol. The van der Waals surface area contributed by atoms with Gasteiger partial charge in [0.05, 0.1) is 4.57 Å². The van der Waals surface area contributed by atoms with Crippen molar-refractivity contribution in [3.05, 3.63) is 30.3 Å². The maximum atomic E-state index is 12.9. The molecule has 1 saturated heterocycles. The molecule has 15 heavy (non-hydrogen) atoms. The van der Waals surface area contributed by atoms with Crippen molar-refractivity contribution >= 4 is 44.3 Å². The average Bonchev–Trinajstić information content (AvgIpc) is 2.45. The van der Waals surface area contributed by atoms with E-state index in [1.165, 1.54) is 0 Å². The number of hydrogen-bond acceptors (Lipinski definition) is 1. The van der Waals surface area contributed by atoms with Gasteiger partial charge >= 0.3 is 0 Å². The number of halogens is 2. The molecule has 1 aliphatic heterocycles. The highest BCUT2D eigenvalue weighted by molar-refractivity contribution is 9.13. The molecule has 1 aromatic carbocycles. The Bertz CT molecular complexity index is 402. The summed E-state index contributed by atoms with van der Waals surface area (Å²) in [5.74, 6) is 0. The van der Waals surface area contributed by atoms with Crippen molar-refractivity contribution < 1.29 is 4.57 Å². The van der Waals surface area contributed by atoms with E-state index in [0.717, 1.165) is 17.9 Å². The zero-order valence-corrected chi connectivity index (χ0v) is 12.6. The van der Waals surface area contributed by atoms with Gasteiger partial charge in [-0.05, 0) is 13.3 Å². The normalized spacial score (nSPS) is 40.6. The molecule has 0 N–H and O–H groups in total. The van der Waals surface area contributed by atoms with E-state index in [1.54, 1.807) is 0 Å². The summed E-state index contributed by atoms with van der Waals surface area (Å²) >= 11 is 7.27. The lowest BCUT2D eigenvalue weighted by molar-refractivity contribution is 0.583. The Kier molecular flexibility index (Phi) is 3.18. The first-order valence-corrected chi connectivity index (χ1v) is 8.61. The van der Waals surface area contributed by atoms with E-state index in [0.29, 0.717) is 0 Å². The summed E-state index contributed by atoms with van der Waals surface area (Å²) in [5.41, 5.74) is 0. The molecule has 4 heteroatoms. The van der Waals surface area contributed by atoms with Gasteiger partial charge in [-0.2, -0.15) is 0 Å². The predicted molar refractivity (Wildman–Crippen MR) is 73.2 cm³/mol. The van der Waals surface area contributed by atoms with Crippen molar-refractivity contribution in [1.82, 2.24) is 0 Å². The van der Waals surface area contributed by atoms with Crippen LogP contribution in [0.4, 0.5) is 0 Å². The Balaban J connectivity index is 2.42. The lowest BCUT2D eigenvalue weighted by Gasteiger charge is -2.23. The average molecular weight is 352 g/mol. The molecule has 0 aliphatic carbocycles. The molecule has 0 saturated carbocycles. The van der Waals surface area contributed by atoms with Gasteiger partial charge < -0.3 is 4.57 Å². The summed E-state index contributed by atoms with van der Waals surface area (Å²) in [4.78, 5) is 0. The van der Waals surface area contributed by atoms with Crippen LogP contribution >= 0.6 is 39.0 Å². The van der Waals surface area contributed by atoms with Gasteiger partial charge in [0.2, 0.25) is 0 Å². The number of hydrogen-bond donors (Lipinski definition) is 0. The third-order valence-electron chi connectivity index (χ3n) is 2.99. The Morgan fingerprint density at radius 3 is 2.47 bits per heavy atom. The topological polar surface area (TPSA) is 17.1 Å². The minimum absolute atomic E-state index is 0.0416. The van der Waals surface area contributed by atoms with Gasteiger partial charge in [-0.1, -0.05) is 62.2 Å². The molecule has 1 heterocycles. The molecule has 0 unspecified atom stereocenters. The van der Waals surface area contributed by atoms with E-state index < -0.39 is 7.14 Å². The summed E-state index contributed by atoms with van der Waals surface area (Å²) in [7, 11) is -2.27. The largest absolute Gasteiger partial charge is 0.317 e. The molecule has 1 aliphatic rings. The second kappa shape index (κ2) is 4.01. The zero-order valence-electron chi connectivity index (χ0n) is 8.49. The molecule has 0 radical (unpaired) electrons. The van der Waals surface area contributed by atoms with Crippen LogP contribution in [0.25, 0.3) is 0 Å². The maximum absolute atomic E-state index is 12.9. The summed E-state index contributed by atoms with van der Waals surface area (Å²) in [6.07, 6.45) is 1.74. The Morgan fingerprint density at radius 1 is 1.40 bits per heavy atom. The lowest BCUT2D eigenvalue weighted by Crippen LogP contribution is -2.23. The van der Waals surface area contributed by atoms with Crippen LogP contribution in [-0.4, -0.2) is 15.1 Å². The molecule has 0 spiro atoms. The molecule has 1 fully saturated rings. The van der Waals surface area contributed by atoms with Crippen LogP contribution in [0.15, 0.2) is 30.3 Å². The fraction of sp³-hybridized carbons (Fsp3) is 0.455. The number of alkyl halides is 2. The molecule has 0 amide bonds. The summed E-state index contributed by atoms with van der Waals surface area (Å²) in [5, 5.41) is 0.995. The SMILES string of the molecule is C[C@]1(Br)CC[P@@](=O)(c2ccccc2)[C@H]1Br. The Labute approximate surface area is 107 Å². The molecule has 3 atom stereocenters. The standard InChI is InChI=1S/C11H13Br2OP/c1-11(13)7-8-15(14,10(11)12)9-5-3-2-4-6-9/h2-6,10H,7-8H2,1H3/t10-,11+,15-/m1/s1. The summed E-state index contributed by atoms with van der Waals surface area (Å²) < 4.78 is 12.9. The van der Waals surface area contributed by atoms with Crippen LogP contribution in [0.3, 0.4) is 0 Å². The van der Waals surface area contributed by atoms with Crippen LogP contribution in [0, 0.1) is 0 Å². The Hall–Kier alpha value is 0.410. The van der Waals surface area contributed by atoms with Crippen molar-refractivity contribution in [2.45, 2.75) is 22.2 Å². The lowest BCUT2D eigenvalue weighted by atomic mass is 10.2. The van der Waals surface area contributed by atoms with Crippen LogP contribution in [0.1, 0.15) is 13.3 Å². The quantitative estimate of drug-likeness (QED) is 0.553. The number of benzene rings is 1. The van der Waals surface area contributed by atoms with Gasteiger partial charge in [0.1, 0.15) is 7.14 Å². The Morgan fingerprint density at radius 2 is 2.00 bits per heavy atom. The van der Waals surface area contributed by atoms with Crippen molar-refractivity contribution in [2.24, 2.45) is 0 Å². The molecule has 2 rings (SSSR count). The first-order valence-electron chi connectivity index (χ1n) is 4.94. The van der Waals surface area contributed by atoms with Crippen molar-refractivity contribution in [3.63, 3.8) is 0 Å². The summed E-state index contributed by atoms with van der Waals surface area (Å²) in [6.45, 7) is 2.11. The highest BCUT2D eigenvalue weighted by Gasteiger charge is 2.50. The molecule has 82 valence electrons. The first-order chi connectivity index (χ1) is 6.97. The first kappa shape index (κ1) is 11.9. The van der Waals surface area contributed by atoms with Crippen LogP contribution in [0.2, 0.25) is 0 Å². The third kappa shape index (κ3) is 1.99. The van der Waals surface area contributed by atoms with Gasteiger partial charge in [0.15, 0.2) is 0 Å². The smallest absolute Gasteiger partial charge is 0.130 e. The number of rotatable bonds is 1. The van der Waals surface area contributed by atoms with Gasteiger partial charge in [0.25, 0.3) is 0 Å². The van der Waals surface area contributed by atoms with E-state index >= 15 is 0 Å². The molecule has 0 aromatic heterocycles. The molecule has 0 bridgehead atoms. The second-order valence-electron chi connectivity index (χ2n) is 4.22. The van der Waals surface area contributed by atoms with Crippen LogP contribution in [-0.2, 0) is 4.57 Å². The predicted octanol–water partition coefficient (Wildman–Crippen LogP) is 3.95. The fourth-order valence-electron chi connectivity index (χ4n) is 1.99. The van der Waals surface area contributed by atoms with E-state index in [1.807, 2.05) is 30.3 Å². The highest BCUT2D eigenvalue weighted by atomic mass is 79.9. The van der Waals surface area contributed by atoms with Gasteiger partial charge in [-0.3, -0.25) is 0 Å². The summed E-state index contributed by atoms with van der Waals surface area (Å²) in [6, 6.07) is 9.83. The maximum Gasteiger partial charge on any atom is 0.130 e. The van der Waals surface area contributed by atoms with E-state index in [2.05, 4.69) is 38.8 Å². The highest BCUT2D eigenvalue weighted by Crippen LogP contribution is 2.65. The third-order valence-corrected chi connectivity index (χ3v) is 11.2. The van der Waals surface area contributed by atoms with Crippen LogP contribution in [0.5, 0.6) is 0 Å². The zero-order chi connectivity index (χ0) is 11.1. The monoisotopic (exact) mass is 350 g/mol. The van der Waals surface area contributed by atoms with Gasteiger partial charge in [-0.25, -0.2) is 0 Å². The van der Waals surface area contributed by atoms with E-state index in [-0.39, 0.29) is 8.89 Å². The van der Waals surface area contributed by atoms with Crippen molar-refractivity contribution in [1.29, 1.82) is 0 Å². The van der Waals surface area contributed by atoms with Crippen molar-refractivity contribution in [3.8, 4) is 0 Å². The van der Waals surface area contributed by atoms with Gasteiger partial charge in [0, 0.05) is 15.8 Å². The van der Waals surface area contributed by atoms with E-state index in [4.69, 9.17) is 0 Å². The molecular formula is C11H13Br2OP. The minimum Gasteiger partial charge on any atom is -0.317 e. The molecule has 1 nitrogen and oxygen atoms in total. The van der Waals surface area contributed by atoms with Crippen molar-refractivity contribution in [2.75, 3.05) is 6.16 Å². The second-order valence-corrected chi connectivity index (χ2v) is 10.7. The minimum atomic E-state index is -2.27.